The summed E-state index contributed by atoms with van der Waals surface area (Å²) in [4.78, 5) is 25.9. The van der Waals surface area contributed by atoms with Crippen LogP contribution in [0.2, 0.25) is 0 Å². The molecule has 0 spiro atoms. The van der Waals surface area contributed by atoms with Gasteiger partial charge in [-0.1, -0.05) is 30.3 Å². The van der Waals surface area contributed by atoms with Crippen LogP contribution < -0.4 is 0 Å². The molecular weight excluding hydrogens is 306 g/mol. The van der Waals surface area contributed by atoms with E-state index >= 15 is 0 Å². The Morgan fingerprint density at radius 1 is 1.17 bits per heavy atom. The third-order valence-electron chi connectivity index (χ3n) is 4.51. The largest absolute Gasteiger partial charge is 0.481 e. The molecule has 2 atom stereocenters. The molecule has 0 radical (unpaired) electrons. The first-order chi connectivity index (χ1) is 11.5. The highest BCUT2D eigenvalue weighted by Crippen LogP contribution is 2.33. The van der Waals surface area contributed by atoms with E-state index in [2.05, 4.69) is 5.10 Å². The van der Waals surface area contributed by atoms with Gasteiger partial charge in [-0.25, -0.2) is 0 Å². The SMILES string of the molecule is CC(C)n1ccc(C(=O)N2C[C@@H](C(=O)O)[C@H](c3ccccc3)C2)n1. The van der Waals surface area contributed by atoms with E-state index in [1.807, 2.05) is 44.2 Å². The molecule has 1 amide bonds. The predicted molar refractivity (Wildman–Crippen MR) is 88.8 cm³/mol. The van der Waals surface area contributed by atoms with E-state index in [1.54, 1.807) is 21.8 Å². The van der Waals surface area contributed by atoms with Gasteiger partial charge in [0, 0.05) is 31.2 Å². The number of aromatic nitrogens is 2. The van der Waals surface area contributed by atoms with Crippen molar-refractivity contribution in [1.82, 2.24) is 14.7 Å². The van der Waals surface area contributed by atoms with Crippen molar-refractivity contribution in [1.29, 1.82) is 0 Å². The Balaban J connectivity index is 1.82. The lowest BCUT2D eigenvalue weighted by molar-refractivity contribution is -0.141. The number of rotatable bonds is 4. The number of aliphatic carboxylic acids is 1. The second-order valence-corrected chi connectivity index (χ2v) is 6.45. The second-order valence-electron chi connectivity index (χ2n) is 6.45. The topological polar surface area (TPSA) is 75.4 Å². The number of hydrogen-bond acceptors (Lipinski definition) is 3. The van der Waals surface area contributed by atoms with Crippen LogP contribution in [0.3, 0.4) is 0 Å². The molecule has 2 heterocycles. The maximum atomic E-state index is 12.7. The maximum Gasteiger partial charge on any atom is 0.308 e. The molecular formula is C18H21N3O3. The smallest absolute Gasteiger partial charge is 0.308 e. The summed E-state index contributed by atoms with van der Waals surface area (Å²) in [6.45, 7) is 4.59. The number of carbonyl (C=O) groups is 2. The van der Waals surface area contributed by atoms with Crippen LogP contribution in [0.4, 0.5) is 0 Å². The normalized spacial score (nSPS) is 20.5. The monoisotopic (exact) mass is 327 g/mol. The molecule has 1 aliphatic heterocycles. The van der Waals surface area contributed by atoms with E-state index in [9.17, 15) is 14.7 Å². The Labute approximate surface area is 140 Å². The molecule has 24 heavy (non-hydrogen) atoms. The molecule has 0 bridgehead atoms. The van der Waals surface area contributed by atoms with Crippen molar-refractivity contribution >= 4 is 11.9 Å². The highest BCUT2D eigenvalue weighted by molar-refractivity contribution is 5.93. The van der Waals surface area contributed by atoms with Crippen molar-refractivity contribution in [2.24, 2.45) is 5.92 Å². The standard InChI is InChI=1S/C18H21N3O3/c1-12(2)21-9-8-16(19-21)17(22)20-10-14(15(11-20)18(23)24)13-6-4-3-5-7-13/h3-9,12,14-15H,10-11H2,1-2H3,(H,23,24)/t14-,15+/m0/s1. The van der Waals surface area contributed by atoms with Gasteiger partial charge in [-0.2, -0.15) is 5.10 Å². The summed E-state index contributed by atoms with van der Waals surface area (Å²) < 4.78 is 1.73. The van der Waals surface area contributed by atoms with Crippen molar-refractivity contribution < 1.29 is 14.7 Å². The summed E-state index contributed by atoms with van der Waals surface area (Å²) in [5, 5.41) is 13.8. The van der Waals surface area contributed by atoms with Crippen molar-refractivity contribution in [3.8, 4) is 0 Å². The highest BCUT2D eigenvalue weighted by atomic mass is 16.4. The van der Waals surface area contributed by atoms with E-state index < -0.39 is 11.9 Å². The predicted octanol–water partition coefficient (Wildman–Crippen LogP) is 2.40. The molecule has 0 aliphatic carbocycles. The summed E-state index contributed by atoms with van der Waals surface area (Å²) in [5.41, 5.74) is 1.31. The van der Waals surface area contributed by atoms with E-state index in [1.165, 1.54) is 0 Å². The number of carboxylic acids is 1. The third-order valence-corrected chi connectivity index (χ3v) is 4.51. The summed E-state index contributed by atoms with van der Waals surface area (Å²) in [7, 11) is 0. The van der Waals surface area contributed by atoms with Crippen molar-refractivity contribution in [2.45, 2.75) is 25.8 Å². The Morgan fingerprint density at radius 2 is 1.88 bits per heavy atom. The average molecular weight is 327 g/mol. The van der Waals surface area contributed by atoms with E-state index in [0.29, 0.717) is 12.2 Å². The lowest BCUT2D eigenvalue weighted by Gasteiger charge is -2.15. The van der Waals surface area contributed by atoms with Gasteiger partial charge in [0.15, 0.2) is 0 Å². The minimum Gasteiger partial charge on any atom is -0.481 e. The minimum atomic E-state index is -0.869. The van der Waals surface area contributed by atoms with Crippen LogP contribution in [-0.2, 0) is 4.79 Å². The van der Waals surface area contributed by atoms with Gasteiger partial charge in [-0.05, 0) is 25.5 Å². The Kier molecular flexibility index (Phi) is 4.38. The van der Waals surface area contributed by atoms with E-state index in [0.717, 1.165) is 5.56 Å². The molecule has 126 valence electrons. The van der Waals surface area contributed by atoms with Crippen LogP contribution in [0.5, 0.6) is 0 Å². The summed E-state index contributed by atoms with van der Waals surface area (Å²) in [6.07, 6.45) is 1.78. The van der Waals surface area contributed by atoms with Crippen LogP contribution in [0.15, 0.2) is 42.6 Å². The summed E-state index contributed by atoms with van der Waals surface area (Å²) in [6, 6.07) is 11.4. The molecule has 1 N–H and O–H groups in total. The fraction of sp³-hybridized carbons (Fsp3) is 0.389. The Morgan fingerprint density at radius 3 is 2.46 bits per heavy atom. The van der Waals surface area contributed by atoms with E-state index in [4.69, 9.17) is 0 Å². The molecule has 1 aromatic heterocycles. The molecule has 0 unspecified atom stereocenters. The molecule has 1 fully saturated rings. The molecule has 3 rings (SSSR count). The van der Waals surface area contributed by atoms with Crippen molar-refractivity contribution in [3.63, 3.8) is 0 Å². The van der Waals surface area contributed by atoms with Crippen LogP contribution in [0, 0.1) is 5.92 Å². The van der Waals surface area contributed by atoms with Gasteiger partial charge < -0.3 is 10.0 Å². The molecule has 1 aromatic carbocycles. The molecule has 0 saturated carbocycles. The first kappa shape index (κ1) is 16.2. The number of nitrogens with zero attached hydrogens (tertiary/aromatic N) is 3. The molecule has 1 saturated heterocycles. The van der Waals surface area contributed by atoms with Crippen LogP contribution in [0.25, 0.3) is 0 Å². The summed E-state index contributed by atoms with van der Waals surface area (Å²) >= 11 is 0. The zero-order chi connectivity index (χ0) is 17.3. The van der Waals surface area contributed by atoms with Crippen LogP contribution in [-0.4, -0.2) is 44.8 Å². The Hall–Kier alpha value is -2.63. The van der Waals surface area contributed by atoms with Crippen molar-refractivity contribution in [2.75, 3.05) is 13.1 Å². The number of benzene rings is 1. The second kappa shape index (κ2) is 6.47. The quantitative estimate of drug-likeness (QED) is 0.935. The lowest BCUT2D eigenvalue weighted by Crippen LogP contribution is -2.30. The van der Waals surface area contributed by atoms with Gasteiger partial charge in [-0.15, -0.1) is 0 Å². The number of amides is 1. The van der Waals surface area contributed by atoms with Gasteiger partial charge in [-0.3, -0.25) is 14.3 Å². The summed E-state index contributed by atoms with van der Waals surface area (Å²) in [5.74, 6) is -1.87. The number of carboxylic acid groups (broad SMARTS) is 1. The van der Waals surface area contributed by atoms with Crippen LogP contribution >= 0.6 is 0 Å². The van der Waals surface area contributed by atoms with Gasteiger partial charge in [0.05, 0.1) is 5.92 Å². The Bertz CT molecular complexity index is 739. The highest BCUT2D eigenvalue weighted by Gasteiger charge is 2.41. The average Bonchev–Trinajstić information content (AvgIpc) is 3.22. The first-order valence-electron chi connectivity index (χ1n) is 8.09. The maximum absolute atomic E-state index is 12.7. The van der Waals surface area contributed by atoms with Gasteiger partial charge in [0.2, 0.25) is 0 Å². The molecule has 6 heteroatoms. The molecule has 1 aliphatic rings. The fourth-order valence-corrected chi connectivity index (χ4v) is 3.16. The van der Waals surface area contributed by atoms with Gasteiger partial charge >= 0.3 is 5.97 Å². The number of hydrogen-bond donors (Lipinski definition) is 1. The molecule has 2 aromatic rings. The molecule has 6 nitrogen and oxygen atoms in total. The lowest BCUT2D eigenvalue weighted by atomic mass is 9.89. The minimum absolute atomic E-state index is 0.175. The van der Waals surface area contributed by atoms with Gasteiger partial charge in [0.25, 0.3) is 5.91 Å². The zero-order valence-electron chi connectivity index (χ0n) is 13.8. The number of likely N-dealkylation sites (tertiary alicyclic amines) is 1. The number of carbonyl (C=O) groups excluding carboxylic acids is 1. The first-order valence-corrected chi connectivity index (χ1v) is 8.09. The van der Waals surface area contributed by atoms with Crippen molar-refractivity contribution in [3.05, 3.63) is 53.9 Å². The van der Waals surface area contributed by atoms with E-state index in [-0.39, 0.29) is 24.4 Å². The zero-order valence-corrected chi connectivity index (χ0v) is 13.8. The van der Waals surface area contributed by atoms with Crippen LogP contribution in [0.1, 0.15) is 41.9 Å². The third kappa shape index (κ3) is 3.04. The van der Waals surface area contributed by atoms with Gasteiger partial charge in [0.1, 0.15) is 5.69 Å². The fourth-order valence-electron chi connectivity index (χ4n) is 3.16.